The largest absolute Gasteiger partial charge is 0.508 e. The van der Waals surface area contributed by atoms with Crippen LogP contribution in [0.1, 0.15) is 23.5 Å². The fraction of sp³-hybridized carbons (Fsp3) is 0.105. The molecule has 0 bridgehead atoms. The number of rotatable bonds is 1. The molecule has 0 unspecified atom stereocenters. The summed E-state index contributed by atoms with van der Waals surface area (Å²) < 4.78 is 1.02. The van der Waals surface area contributed by atoms with Crippen LogP contribution in [0.5, 0.6) is 5.75 Å². The molecule has 3 aromatic rings. The van der Waals surface area contributed by atoms with Crippen molar-refractivity contribution in [2.75, 3.05) is 5.32 Å². The van der Waals surface area contributed by atoms with E-state index in [1.54, 1.807) is 12.1 Å². The Labute approximate surface area is 142 Å². The Morgan fingerprint density at radius 2 is 1.74 bits per heavy atom. The molecule has 1 aliphatic rings. The van der Waals surface area contributed by atoms with Gasteiger partial charge in [-0.1, -0.05) is 52.3 Å². The zero-order valence-electron chi connectivity index (χ0n) is 12.2. The monoisotopic (exact) mass is 367 g/mol. The van der Waals surface area contributed by atoms with Crippen molar-refractivity contribution in [1.82, 2.24) is 0 Å². The molecule has 114 valence electrons. The minimum atomic E-state index is -0.0137. The number of aromatic hydroxyl groups is 1. The Morgan fingerprint density at radius 1 is 1.04 bits per heavy atom. The van der Waals surface area contributed by atoms with Crippen LogP contribution >= 0.6 is 15.9 Å². The topological polar surface area (TPSA) is 49.3 Å². The van der Waals surface area contributed by atoms with E-state index in [2.05, 4.69) is 27.3 Å². The Bertz CT molecular complexity index is 919. The summed E-state index contributed by atoms with van der Waals surface area (Å²) in [4.78, 5) is 12.2. The van der Waals surface area contributed by atoms with Gasteiger partial charge < -0.3 is 10.4 Å². The Hall–Kier alpha value is -2.33. The summed E-state index contributed by atoms with van der Waals surface area (Å²) in [6.07, 6.45) is 0.405. The van der Waals surface area contributed by atoms with Gasteiger partial charge in [0.25, 0.3) is 0 Å². The average Bonchev–Trinajstić information content (AvgIpc) is 2.56. The third kappa shape index (κ3) is 2.39. The first-order chi connectivity index (χ1) is 11.1. The number of carbonyl (C=O) groups excluding carboxylic acids is 1. The highest BCUT2D eigenvalue weighted by molar-refractivity contribution is 9.10. The molecule has 23 heavy (non-hydrogen) atoms. The molecule has 0 aliphatic carbocycles. The molecule has 0 radical (unpaired) electrons. The number of amides is 1. The third-order valence-corrected chi connectivity index (χ3v) is 5.01. The van der Waals surface area contributed by atoms with Crippen molar-refractivity contribution >= 4 is 38.3 Å². The molecule has 0 fully saturated rings. The quantitative estimate of drug-likeness (QED) is 0.649. The van der Waals surface area contributed by atoms with Crippen LogP contribution in [0.15, 0.2) is 59.1 Å². The Kier molecular flexibility index (Phi) is 3.34. The van der Waals surface area contributed by atoms with Crippen molar-refractivity contribution in [2.24, 2.45) is 0 Å². The van der Waals surface area contributed by atoms with E-state index < -0.39 is 0 Å². The number of nitrogens with one attached hydrogen (secondary N) is 1. The molecular weight excluding hydrogens is 354 g/mol. The molecule has 1 atom stereocenters. The van der Waals surface area contributed by atoms with Crippen molar-refractivity contribution in [3.63, 3.8) is 0 Å². The summed E-state index contributed by atoms with van der Waals surface area (Å²) >= 11 is 3.65. The molecule has 3 nitrogen and oxygen atoms in total. The van der Waals surface area contributed by atoms with Gasteiger partial charge in [0.05, 0.1) is 5.69 Å². The van der Waals surface area contributed by atoms with E-state index in [1.807, 2.05) is 36.4 Å². The lowest BCUT2D eigenvalue weighted by Crippen LogP contribution is -2.23. The van der Waals surface area contributed by atoms with E-state index in [-0.39, 0.29) is 17.6 Å². The highest BCUT2D eigenvalue weighted by Gasteiger charge is 2.28. The lowest BCUT2D eigenvalue weighted by atomic mass is 9.83. The number of phenolic OH excluding ortho intramolecular Hbond substituents is 1. The number of benzene rings is 3. The van der Waals surface area contributed by atoms with Gasteiger partial charge in [0.2, 0.25) is 5.91 Å². The van der Waals surface area contributed by atoms with Gasteiger partial charge in [-0.25, -0.2) is 0 Å². The molecule has 0 aromatic heterocycles. The Balaban J connectivity index is 1.96. The molecule has 1 aliphatic heterocycles. The van der Waals surface area contributed by atoms with Crippen molar-refractivity contribution in [1.29, 1.82) is 0 Å². The zero-order chi connectivity index (χ0) is 16.0. The first kappa shape index (κ1) is 14.3. The number of anilines is 1. The molecule has 1 heterocycles. The van der Waals surface area contributed by atoms with Gasteiger partial charge in [-0.2, -0.15) is 0 Å². The van der Waals surface area contributed by atoms with Gasteiger partial charge >= 0.3 is 0 Å². The minimum Gasteiger partial charge on any atom is -0.508 e. The minimum absolute atomic E-state index is 0.0137. The van der Waals surface area contributed by atoms with Gasteiger partial charge in [0, 0.05) is 22.2 Å². The van der Waals surface area contributed by atoms with Gasteiger partial charge in [0.15, 0.2) is 0 Å². The zero-order valence-corrected chi connectivity index (χ0v) is 13.8. The number of hydrogen-bond donors (Lipinski definition) is 2. The SMILES string of the molecule is O=C1C[C@@H](c2ccc(O)cc2)c2cc(Br)c3ccccc3c2N1. The highest BCUT2D eigenvalue weighted by atomic mass is 79.9. The fourth-order valence-corrected chi connectivity index (χ4v) is 3.85. The van der Waals surface area contributed by atoms with Gasteiger partial charge in [0.1, 0.15) is 5.75 Å². The molecular formula is C19H14BrNO2. The number of fused-ring (bicyclic) bond motifs is 3. The number of phenols is 1. The van der Waals surface area contributed by atoms with Gasteiger partial charge in [-0.15, -0.1) is 0 Å². The van der Waals surface area contributed by atoms with Crippen LogP contribution in [0.25, 0.3) is 10.8 Å². The van der Waals surface area contributed by atoms with E-state index >= 15 is 0 Å². The van der Waals surface area contributed by atoms with Crippen molar-refractivity contribution in [3.8, 4) is 5.75 Å². The van der Waals surface area contributed by atoms with Crippen LogP contribution in [0.2, 0.25) is 0 Å². The predicted octanol–water partition coefficient (Wildman–Crippen LogP) is 4.78. The molecule has 3 aromatic carbocycles. The maximum atomic E-state index is 12.2. The third-order valence-electron chi connectivity index (χ3n) is 4.35. The maximum absolute atomic E-state index is 12.2. The number of carbonyl (C=O) groups is 1. The summed E-state index contributed by atoms with van der Waals surface area (Å²) in [5.74, 6) is 0.234. The first-order valence-corrected chi connectivity index (χ1v) is 8.22. The van der Waals surface area contributed by atoms with Crippen molar-refractivity contribution in [3.05, 3.63) is 70.2 Å². The van der Waals surface area contributed by atoms with Crippen LogP contribution in [-0.4, -0.2) is 11.0 Å². The normalized spacial score (nSPS) is 16.9. The van der Waals surface area contributed by atoms with Crippen molar-refractivity contribution in [2.45, 2.75) is 12.3 Å². The molecule has 0 saturated carbocycles. The number of hydrogen-bond acceptors (Lipinski definition) is 2. The van der Waals surface area contributed by atoms with Crippen LogP contribution in [0.4, 0.5) is 5.69 Å². The van der Waals surface area contributed by atoms with E-state index in [0.29, 0.717) is 6.42 Å². The fourth-order valence-electron chi connectivity index (χ4n) is 3.26. The molecule has 4 rings (SSSR count). The van der Waals surface area contributed by atoms with Crippen LogP contribution < -0.4 is 5.32 Å². The Morgan fingerprint density at radius 3 is 2.48 bits per heavy atom. The lowest BCUT2D eigenvalue weighted by Gasteiger charge is -2.28. The predicted molar refractivity (Wildman–Crippen MR) is 94.8 cm³/mol. The van der Waals surface area contributed by atoms with E-state index in [4.69, 9.17) is 0 Å². The molecule has 1 amide bonds. The maximum Gasteiger partial charge on any atom is 0.225 e. The average molecular weight is 368 g/mol. The summed E-state index contributed by atoms with van der Waals surface area (Å²) in [5.41, 5.74) is 3.01. The van der Waals surface area contributed by atoms with Crippen LogP contribution in [0.3, 0.4) is 0 Å². The second-order valence-electron chi connectivity index (χ2n) is 5.76. The molecule has 4 heteroatoms. The smallest absolute Gasteiger partial charge is 0.225 e. The van der Waals surface area contributed by atoms with E-state index in [0.717, 1.165) is 32.1 Å². The van der Waals surface area contributed by atoms with E-state index in [1.165, 1.54) is 0 Å². The summed E-state index contributed by atoms with van der Waals surface area (Å²) in [6.45, 7) is 0. The molecule has 2 N–H and O–H groups in total. The highest BCUT2D eigenvalue weighted by Crippen LogP contribution is 2.43. The summed E-state index contributed by atoms with van der Waals surface area (Å²) in [5, 5.41) is 14.7. The second kappa shape index (κ2) is 5.39. The van der Waals surface area contributed by atoms with Crippen LogP contribution in [0, 0.1) is 0 Å². The summed E-state index contributed by atoms with van der Waals surface area (Å²) in [7, 11) is 0. The molecule has 0 saturated heterocycles. The van der Waals surface area contributed by atoms with E-state index in [9.17, 15) is 9.90 Å². The first-order valence-electron chi connectivity index (χ1n) is 7.43. The van der Waals surface area contributed by atoms with Crippen molar-refractivity contribution < 1.29 is 9.90 Å². The molecule has 0 spiro atoms. The van der Waals surface area contributed by atoms with Gasteiger partial charge in [-0.05, 0) is 34.7 Å². The standard InChI is InChI=1S/C19H14BrNO2/c20-17-9-16-15(11-5-7-12(22)8-6-11)10-18(23)21-19(16)14-4-2-1-3-13(14)17/h1-9,15,22H,10H2,(H,21,23)/t15-/m0/s1. The number of halogens is 1. The summed E-state index contributed by atoms with van der Waals surface area (Å²) in [6, 6.07) is 17.2. The van der Waals surface area contributed by atoms with Crippen LogP contribution in [-0.2, 0) is 4.79 Å². The lowest BCUT2D eigenvalue weighted by molar-refractivity contribution is -0.116. The van der Waals surface area contributed by atoms with Gasteiger partial charge in [-0.3, -0.25) is 4.79 Å². The second-order valence-corrected chi connectivity index (χ2v) is 6.62.